The first kappa shape index (κ1) is 11.1. The summed E-state index contributed by atoms with van der Waals surface area (Å²) in [6.45, 7) is 6.59. The lowest BCUT2D eigenvalue weighted by Gasteiger charge is -2.13. The summed E-state index contributed by atoms with van der Waals surface area (Å²) < 4.78 is 0. The Morgan fingerprint density at radius 1 is 1.54 bits per heavy atom. The highest BCUT2D eigenvalue weighted by Crippen LogP contribution is 2.36. The molecule has 0 bridgehead atoms. The van der Waals surface area contributed by atoms with Gasteiger partial charge in [0.05, 0.1) is 11.2 Å². The Morgan fingerprint density at radius 2 is 2.31 bits per heavy atom. The van der Waals surface area contributed by atoms with Crippen LogP contribution in [0.25, 0.3) is 0 Å². The number of thioether (sulfide) groups is 1. The molecule has 1 rings (SSSR count). The SMILES string of the molecule is CCCC(SCC)c1scnc1C. The zero-order valence-electron chi connectivity index (χ0n) is 8.54. The molecule has 74 valence electrons. The summed E-state index contributed by atoms with van der Waals surface area (Å²) in [4.78, 5) is 5.79. The van der Waals surface area contributed by atoms with Crippen molar-refractivity contribution in [2.45, 2.75) is 38.9 Å². The Kier molecular flexibility index (Phi) is 4.81. The molecular formula is C10H17NS2. The molecule has 0 aliphatic rings. The molecule has 0 N–H and O–H groups in total. The van der Waals surface area contributed by atoms with Crippen LogP contribution in [-0.4, -0.2) is 10.7 Å². The van der Waals surface area contributed by atoms with Gasteiger partial charge in [-0.1, -0.05) is 20.3 Å². The minimum atomic E-state index is 0.683. The Hall–Kier alpha value is -0.0200. The molecule has 1 unspecified atom stereocenters. The molecule has 0 amide bonds. The number of aromatic nitrogens is 1. The van der Waals surface area contributed by atoms with E-state index < -0.39 is 0 Å². The van der Waals surface area contributed by atoms with Gasteiger partial charge in [0.2, 0.25) is 0 Å². The van der Waals surface area contributed by atoms with Gasteiger partial charge in [0, 0.05) is 10.1 Å². The van der Waals surface area contributed by atoms with Gasteiger partial charge in [0.15, 0.2) is 0 Å². The molecule has 1 nitrogen and oxygen atoms in total. The number of hydrogen-bond acceptors (Lipinski definition) is 3. The molecular weight excluding hydrogens is 198 g/mol. The maximum absolute atomic E-state index is 4.31. The monoisotopic (exact) mass is 215 g/mol. The fourth-order valence-corrected chi connectivity index (χ4v) is 3.69. The van der Waals surface area contributed by atoms with Crippen molar-refractivity contribution in [3.8, 4) is 0 Å². The van der Waals surface area contributed by atoms with Gasteiger partial charge >= 0.3 is 0 Å². The quantitative estimate of drug-likeness (QED) is 0.735. The van der Waals surface area contributed by atoms with Gasteiger partial charge in [0.1, 0.15) is 0 Å². The molecule has 0 aromatic carbocycles. The van der Waals surface area contributed by atoms with E-state index in [1.54, 1.807) is 11.3 Å². The maximum atomic E-state index is 4.31. The van der Waals surface area contributed by atoms with Crippen LogP contribution in [0.2, 0.25) is 0 Å². The Bertz CT molecular complexity index is 239. The van der Waals surface area contributed by atoms with Crippen LogP contribution in [0.15, 0.2) is 5.51 Å². The van der Waals surface area contributed by atoms with Crippen LogP contribution < -0.4 is 0 Å². The van der Waals surface area contributed by atoms with E-state index in [0.29, 0.717) is 5.25 Å². The highest BCUT2D eigenvalue weighted by Gasteiger charge is 2.14. The summed E-state index contributed by atoms with van der Waals surface area (Å²) >= 11 is 3.85. The van der Waals surface area contributed by atoms with Crippen molar-refractivity contribution in [1.29, 1.82) is 0 Å². The molecule has 1 aromatic heterocycles. The molecule has 1 heterocycles. The van der Waals surface area contributed by atoms with Crippen LogP contribution in [0.3, 0.4) is 0 Å². The van der Waals surface area contributed by atoms with Crippen molar-refractivity contribution in [3.63, 3.8) is 0 Å². The first-order valence-electron chi connectivity index (χ1n) is 4.81. The average molecular weight is 215 g/mol. The smallest absolute Gasteiger partial charge is 0.0797 e. The third-order valence-corrected chi connectivity index (χ3v) is 4.39. The average Bonchev–Trinajstić information content (AvgIpc) is 2.51. The first-order chi connectivity index (χ1) is 6.29. The van der Waals surface area contributed by atoms with Gasteiger partial charge in [-0.15, -0.1) is 11.3 Å². The number of aryl methyl sites for hydroxylation is 1. The van der Waals surface area contributed by atoms with E-state index in [9.17, 15) is 0 Å². The number of rotatable bonds is 5. The molecule has 0 aliphatic carbocycles. The molecule has 13 heavy (non-hydrogen) atoms. The third-order valence-electron chi connectivity index (χ3n) is 1.99. The van der Waals surface area contributed by atoms with Crippen LogP contribution >= 0.6 is 23.1 Å². The zero-order chi connectivity index (χ0) is 9.68. The molecule has 0 aliphatic heterocycles. The second-order valence-electron chi connectivity index (χ2n) is 3.03. The summed E-state index contributed by atoms with van der Waals surface area (Å²) in [6.07, 6.45) is 2.54. The summed E-state index contributed by atoms with van der Waals surface area (Å²) in [7, 11) is 0. The second-order valence-corrected chi connectivity index (χ2v) is 5.40. The molecule has 0 saturated carbocycles. The highest BCUT2D eigenvalue weighted by molar-refractivity contribution is 7.99. The van der Waals surface area contributed by atoms with Crippen LogP contribution in [0.1, 0.15) is 42.5 Å². The fraction of sp³-hybridized carbons (Fsp3) is 0.700. The minimum Gasteiger partial charge on any atom is -0.250 e. The molecule has 1 aromatic rings. The van der Waals surface area contributed by atoms with Crippen LogP contribution in [0, 0.1) is 6.92 Å². The van der Waals surface area contributed by atoms with Crippen molar-refractivity contribution < 1.29 is 0 Å². The van der Waals surface area contributed by atoms with Crippen LogP contribution in [0.5, 0.6) is 0 Å². The van der Waals surface area contributed by atoms with Crippen molar-refractivity contribution in [2.75, 3.05) is 5.75 Å². The molecule has 0 saturated heterocycles. The minimum absolute atomic E-state index is 0.683. The lowest BCUT2D eigenvalue weighted by molar-refractivity contribution is 0.782. The number of nitrogens with zero attached hydrogens (tertiary/aromatic N) is 1. The normalized spacial score (nSPS) is 13.2. The predicted octanol–water partition coefficient (Wildman–Crippen LogP) is 4.05. The first-order valence-corrected chi connectivity index (χ1v) is 6.74. The van der Waals surface area contributed by atoms with Gasteiger partial charge in [-0.05, 0) is 19.1 Å². The summed E-state index contributed by atoms with van der Waals surface area (Å²) in [5.74, 6) is 1.20. The van der Waals surface area contributed by atoms with Gasteiger partial charge < -0.3 is 0 Å². The second kappa shape index (κ2) is 5.66. The van der Waals surface area contributed by atoms with Crippen molar-refractivity contribution in [3.05, 3.63) is 16.1 Å². The Morgan fingerprint density at radius 3 is 2.77 bits per heavy atom. The van der Waals surface area contributed by atoms with Gasteiger partial charge in [-0.3, -0.25) is 0 Å². The largest absolute Gasteiger partial charge is 0.250 e. The summed E-state index contributed by atoms with van der Waals surface area (Å²) in [6, 6.07) is 0. The van der Waals surface area contributed by atoms with Crippen molar-refractivity contribution in [2.24, 2.45) is 0 Å². The lowest BCUT2D eigenvalue weighted by Crippen LogP contribution is -1.93. The van der Waals surface area contributed by atoms with Crippen LogP contribution in [0.4, 0.5) is 0 Å². The molecule has 1 atom stereocenters. The van der Waals surface area contributed by atoms with E-state index in [1.807, 2.05) is 17.3 Å². The van der Waals surface area contributed by atoms with E-state index in [2.05, 4.69) is 25.8 Å². The predicted molar refractivity (Wildman–Crippen MR) is 62.6 cm³/mol. The Balaban J connectivity index is 2.69. The molecule has 3 heteroatoms. The van der Waals surface area contributed by atoms with E-state index in [1.165, 1.54) is 29.2 Å². The summed E-state index contributed by atoms with van der Waals surface area (Å²) in [5, 5.41) is 0.683. The number of hydrogen-bond donors (Lipinski definition) is 0. The van der Waals surface area contributed by atoms with Gasteiger partial charge in [-0.25, -0.2) is 4.98 Å². The molecule has 0 fully saturated rings. The standard InChI is InChI=1S/C10H17NS2/c1-4-6-9(12-5-2)10-8(3)11-7-13-10/h7,9H,4-6H2,1-3H3. The van der Waals surface area contributed by atoms with E-state index in [-0.39, 0.29) is 0 Å². The topological polar surface area (TPSA) is 12.9 Å². The molecule has 0 radical (unpaired) electrons. The lowest BCUT2D eigenvalue weighted by atomic mass is 10.2. The van der Waals surface area contributed by atoms with Gasteiger partial charge in [0.25, 0.3) is 0 Å². The Labute approximate surface area is 89.0 Å². The number of thiazole rings is 1. The highest BCUT2D eigenvalue weighted by atomic mass is 32.2. The summed E-state index contributed by atoms with van der Waals surface area (Å²) in [5.41, 5.74) is 3.19. The van der Waals surface area contributed by atoms with E-state index in [4.69, 9.17) is 0 Å². The van der Waals surface area contributed by atoms with Gasteiger partial charge in [-0.2, -0.15) is 11.8 Å². The van der Waals surface area contributed by atoms with E-state index in [0.717, 1.165) is 0 Å². The fourth-order valence-electron chi connectivity index (χ4n) is 1.37. The maximum Gasteiger partial charge on any atom is 0.0797 e. The third kappa shape index (κ3) is 2.99. The zero-order valence-corrected chi connectivity index (χ0v) is 10.2. The van der Waals surface area contributed by atoms with Crippen molar-refractivity contribution >= 4 is 23.1 Å². The van der Waals surface area contributed by atoms with E-state index >= 15 is 0 Å². The van der Waals surface area contributed by atoms with Crippen molar-refractivity contribution in [1.82, 2.24) is 4.98 Å². The molecule has 0 spiro atoms. The van der Waals surface area contributed by atoms with Crippen LogP contribution in [-0.2, 0) is 0 Å².